The fourth-order valence-electron chi connectivity index (χ4n) is 4.22. The molecule has 0 fully saturated rings. The largest absolute Gasteiger partial charge is 0.426 e. The van der Waals surface area contributed by atoms with Crippen LogP contribution in [-0.4, -0.2) is 52.2 Å². The van der Waals surface area contributed by atoms with Gasteiger partial charge in [-0.2, -0.15) is 0 Å². The highest BCUT2D eigenvalue weighted by molar-refractivity contribution is 6.42. The Labute approximate surface area is 221 Å². The average molecular weight is 486 g/mol. The maximum absolute atomic E-state index is 12.5. The van der Waals surface area contributed by atoms with Crippen LogP contribution >= 0.6 is 0 Å². The molecule has 0 bridgehead atoms. The molecule has 0 aliphatic rings. The summed E-state index contributed by atoms with van der Waals surface area (Å²) >= 11 is 0. The number of fused-ring (bicyclic) bond motifs is 1. The highest BCUT2D eigenvalue weighted by Crippen LogP contribution is 2.29. The van der Waals surface area contributed by atoms with Gasteiger partial charge in [-0.3, -0.25) is 4.79 Å². The number of benzene rings is 1. The minimum atomic E-state index is -0.857. The third kappa shape index (κ3) is 11.7. The minimum absolute atomic E-state index is 0.157. The van der Waals surface area contributed by atoms with Crippen molar-refractivity contribution in [3.63, 3.8) is 0 Å². The van der Waals surface area contributed by atoms with Gasteiger partial charge < -0.3 is 14.6 Å². The molecule has 0 unspecified atom stereocenters. The Kier molecular flexibility index (Phi) is 13.8. The van der Waals surface area contributed by atoms with E-state index in [2.05, 4.69) is 43.1 Å². The van der Waals surface area contributed by atoms with Crippen LogP contribution in [0.1, 0.15) is 83.1 Å². The van der Waals surface area contributed by atoms with E-state index < -0.39 is 5.21 Å². The Bertz CT molecular complexity index is 963. The number of carbonyl (C=O) groups is 1. The van der Waals surface area contributed by atoms with Crippen LogP contribution in [0, 0.1) is 0 Å². The molecule has 0 aliphatic carbocycles. The summed E-state index contributed by atoms with van der Waals surface area (Å²) in [6, 6.07) is 5.84. The molecule has 6 heteroatoms. The van der Waals surface area contributed by atoms with E-state index in [1.165, 1.54) is 24.8 Å². The lowest BCUT2D eigenvalue weighted by Gasteiger charge is -2.15. The molecular formula is C30H44B2N2O2. The van der Waals surface area contributed by atoms with Crippen molar-refractivity contribution in [2.75, 3.05) is 20.6 Å². The number of H-pyrrole nitrogens is 1. The van der Waals surface area contributed by atoms with Crippen LogP contribution in [0.2, 0.25) is 5.21 Å². The number of aromatic nitrogens is 1. The van der Waals surface area contributed by atoms with E-state index in [1.54, 1.807) is 0 Å². The van der Waals surface area contributed by atoms with E-state index in [0.29, 0.717) is 12.2 Å². The Morgan fingerprint density at radius 3 is 2.36 bits per heavy atom. The zero-order chi connectivity index (χ0) is 26.2. The number of unbranched alkanes of at least 4 members (excludes halogenated alkanes) is 8. The Morgan fingerprint density at radius 2 is 1.67 bits per heavy atom. The summed E-state index contributed by atoms with van der Waals surface area (Å²) in [5, 5.41) is 0.163. The number of ether oxygens (including phenoxy) is 1. The molecule has 2 rings (SSSR count). The van der Waals surface area contributed by atoms with Gasteiger partial charge in [0.15, 0.2) is 0 Å². The zero-order valence-electron chi connectivity index (χ0n) is 22.7. The standard InChI is InChI=1S/C30H44B2N2O2/c1-4-5-6-11-14-21-30(31,32)22-15-12-9-7-8-10-13-19-28(35)36-27-18-16-17-26-29(27)25(24-33-26)20-23-34(2)3/h14-18,21-22,24,33H,4-13,19-20,23H2,1-3H3/b21-14-,22-15-. The first-order chi connectivity index (χ1) is 17.3. The molecule has 4 radical (unpaired) electrons. The summed E-state index contributed by atoms with van der Waals surface area (Å²) in [7, 11) is 16.3. The topological polar surface area (TPSA) is 45.3 Å². The van der Waals surface area contributed by atoms with Gasteiger partial charge in [-0.15, -0.1) is 0 Å². The molecular weight excluding hydrogens is 442 g/mol. The molecule has 0 saturated carbocycles. The number of hydrogen-bond donors (Lipinski definition) is 1. The Morgan fingerprint density at radius 1 is 1.00 bits per heavy atom. The molecule has 4 nitrogen and oxygen atoms in total. The number of rotatable bonds is 18. The summed E-state index contributed by atoms with van der Waals surface area (Å²) in [4.78, 5) is 17.9. The van der Waals surface area contributed by atoms with Crippen LogP contribution in [0.15, 0.2) is 48.7 Å². The molecule has 0 saturated heterocycles. The van der Waals surface area contributed by atoms with E-state index in [1.807, 2.05) is 36.5 Å². The predicted molar refractivity (Wildman–Crippen MR) is 155 cm³/mol. The molecule has 2 aromatic rings. The summed E-state index contributed by atoms with van der Waals surface area (Å²) < 4.78 is 5.76. The quantitative estimate of drug-likeness (QED) is 0.0807. The number of esters is 1. The van der Waals surface area contributed by atoms with Crippen LogP contribution in [0.5, 0.6) is 5.75 Å². The number of hydrogen-bond acceptors (Lipinski definition) is 3. The van der Waals surface area contributed by atoms with Crippen molar-refractivity contribution < 1.29 is 9.53 Å². The van der Waals surface area contributed by atoms with Crippen molar-refractivity contribution in [2.45, 2.75) is 89.2 Å². The highest BCUT2D eigenvalue weighted by atomic mass is 16.5. The fourth-order valence-corrected chi connectivity index (χ4v) is 4.22. The van der Waals surface area contributed by atoms with Gasteiger partial charge >= 0.3 is 5.97 Å². The first-order valence-corrected chi connectivity index (χ1v) is 13.7. The molecule has 1 N–H and O–H groups in total. The third-order valence-electron chi connectivity index (χ3n) is 6.34. The first-order valence-electron chi connectivity index (χ1n) is 13.7. The van der Waals surface area contributed by atoms with E-state index in [0.717, 1.165) is 68.8 Å². The van der Waals surface area contributed by atoms with Gasteiger partial charge in [0, 0.05) is 30.1 Å². The van der Waals surface area contributed by atoms with E-state index >= 15 is 0 Å². The van der Waals surface area contributed by atoms with Gasteiger partial charge in [0.05, 0.1) is 15.7 Å². The van der Waals surface area contributed by atoms with E-state index in [-0.39, 0.29) is 5.97 Å². The number of nitrogens with zero attached hydrogens (tertiary/aromatic N) is 1. The van der Waals surface area contributed by atoms with Crippen molar-refractivity contribution in [1.82, 2.24) is 9.88 Å². The van der Waals surface area contributed by atoms with Crippen molar-refractivity contribution in [2.24, 2.45) is 0 Å². The second-order valence-corrected chi connectivity index (χ2v) is 10.1. The lowest BCUT2D eigenvalue weighted by molar-refractivity contribution is -0.134. The van der Waals surface area contributed by atoms with Gasteiger partial charge in [-0.25, -0.2) is 0 Å². The molecule has 1 aromatic carbocycles. The van der Waals surface area contributed by atoms with Crippen LogP contribution < -0.4 is 4.74 Å². The van der Waals surface area contributed by atoms with Crippen LogP contribution in [0.4, 0.5) is 0 Å². The number of carbonyl (C=O) groups excluding carboxylic acids is 1. The second kappa shape index (κ2) is 16.5. The first kappa shape index (κ1) is 30.0. The fraction of sp³-hybridized carbons (Fsp3) is 0.567. The lowest BCUT2D eigenvalue weighted by Crippen LogP contribution is -2.15. The number of nitrogens with one attached hydrogen (secondary N) is 1. The lowest BCUT2D eigenvalue weighted by atomic mass is 9.54. The highest BCUT2D eigenvalue weighted by Gasteiger charge is 2.13. The maximum atomic E-state index is 12.5. The van der Waals surface area contributed by atoms with Crippen molar-refractivity contribution in [1.29, 1.82) is 0 Å². The number of likely N-dealkylation sites (N-methyl/N-ethyl adjacent to an activating group) is 1. The normalized spacial score (nSPS) is 12.4. The molecule has 0 amide bonds. The van der Waals surface area contributed by atoms with Crippen molar-refractivity contribution in [3.8, 4) is 5.75 Å². The van der Waals surface area contributed by atoms with Gasteiger partial charge in [0.2, 0.25) is 0 Å². The summed E-state index contributed by atoms with van der Waals surface area (Å²) in [6.07, 6.45) is 22.2. The maximum Gasteiger partial charge on any atom is 0.311 e. The minimum Gasteiger partial charge on any atom is -0.426 e. The average Bonchev–Trinajstić information content (AvgIpc) is 3.25. The third-order valence-corrected chi connectivity index (χ3v) is 6.34. The summed E-state index contributed by atoms with van der Waals surface area (Å²) in [6.45, 7) is 3.14. The zero-order valence-corrected chi connectivity index (χ0v) is 22.7. The van der Waals surface area contributed by atoms with Crippen molar-refractivity contribution >= 4 is 32.6 Å². The van der Waals surface area contributed by atoms with Gasteiger partial charge in [0.25, 0.3) is 0 Å². The van der Waals surface area contributed by atoms with Crippen LogP contribution in [-0.2, 0) is 11.2 Å². The van der Waals surface area contributed by atoms with E-state index in [9.17, 15) is 4.79 Å². The van der Waals surface area contributed by atoms with E-state index in [4.69, 9.17) is 20.4 Å². The second-order valence-electron chi connectivity index (χ2n) is 10.1. The predicted octanol–water partition coefficient (Wildman–Crippen LogP) is 7.05. The molecule has 0 aliphatic heterocycles. The Balaban J connectivity index is 1.63. The van der Waals surface area contributed by atoms with Gasteiger partial charge in [0.1, 0.15) is 5.75 Å². The molecule has 192 valence electrons. The molecule has 0 atom stereocenters. The van der Waals surface area contributed by atoms with Crippen LogP contribution in [0.3, 0.4) is 0 Å². The number of allylic oxidation sites excluding steroid dienone is 4. The van der Waals surface area contributed by atoms with Gasteiger partial charge in [-0.1, -0.05) is 74.6 Å². The smallest absolute Gasteiger partial charge is 0.311 e. The summed E-state index contributed by atoms with van der Waals surface area (Å²) in [5.74, 6) is 0.501. The molecule has 0 spiro atoms. The van der Waals surface area contributed by atoms with Gasteiger partial charge in [-0.05, 0) is 70.3 Å². The Hall–Kier alpha value is -2.20. The molecule has 1 heterocycles. The summed E-state index contributed by atoms with van der Waals surface area (Å²) in [5.41, 5.74) is 2.19. The van der Waals surface area contributed by atoms with Crippen LogP contribution in [0.25, 0.3) is 10.9 Å². The van der Waals surface area contributed by atoms with Crippen molar-refractivity contribution in [3.05, 3.63) is 54.3 Å². The monoisotopic (exact) mass is 486 g/mol. The molecule has 36 heavy (non-hydrogen) atoms. The number of aromatic amines is 1. The SMILES string of the molecule is [B]C([B])(/C=C\CCCCC)/C=C\CCCCCCCC(=O)Oc1cccc2[nH]cc(CCN(C)C)c12. The molecule has 1 aromatic heterocycles.